The summed E-state index contributed by atoms with van der Waals surface area (Å²) < 4.78 is 0.516. The van der Waals surface area contributed by atoms with E-state index in [-0.39, 0.29) is 10.9 Å². The Labute approximate surface area is 94.3 Å². The van der Waals surface area contributed by atoms with Crippen molar-refractivity contribution < 1.29 is 9.84 Å². The standard InChI is InChI=1S/C11H7N3O3/c15-10-7-5-6-3-1-2-4-8(6)14(17)9(7)11(16)13-12-10/h1-5H,(H,12,15)(H,13,16). The zero-order valence-electron chi connectivity index (χ0n) is 8.54. The number of rotatable bonds is 0. The van der Waals surface area contributed by atoms with E-state index in [1.165, 1.54) is 0 Å². The highest BCUT2D eigenvalue weighted by atomic mass is 16.5. The Morgan fingerprint density at radius 3 is 2.94 bits per heavy atom. The molecule has 0 aliphatic rings. The van der Waals surface area contributed by atoms with E-state index in [0.29, 0.717) is 15.6 Å². The molecule has 0 amide bonds. The number of nitrogens with zero attached hydrogens (tertiary/aromatic N) is 2. The number of hydrogen-bond donors (Lipinski definition) is 2. The molecule has 0 saturated heterocycles. The first-order valence-corrected chi connectivity index (χ1v) is 4.91. The number of benzene rings is 1. The lowest BCUT2D eigenvalue weighted by atomic mass is 10.1. The number of pyridine rings is 1. The molecule has 0 fully saturated rings. The first-order chi connectivity index (χ1) is 8.18. The molecule has 0 bridgehead atoms. The van der Waals surface area contributed by atoms with Crippen molar-refractivity contribution in [3.63, 3.8) is 0 Å². The summed E-state index contributed by atoms with van der Waals surface area (Å²) in [4.78, 5) is 11.5. The van der Waals surface area contributed by atoms with Crippen LogP contribution in [0, 0.1) is 5.21 Å². The molecule has 3 rings (SSSR count). The van der Waals surface area contributed by atoms with Gasteiger partial charge in [-0.1, -0.05) is 12.1 Å². The number of H-pyrrole nitrogens is 1. The molecule has 1 aromatic carbocycles. The van der Waals surface area contributed by atoms with Gasteiger partial charge in [0.25, 0.3) is 11.1 Å². The zero-order valence-corrected chi connectivity index (χ0v) is 8.54. The van der Waals surface area contributed by atoms with Crippen LogP contribution in [0.2, 0.25) is 0 Å². The average Bonchev–Trinajstić information content (AvgIpc) is 2.34. The number of fused-ring (bicyclic) bond motifs is 2. The molecule has 0 unspecified atom stereocenters. The van der Waals surface area contributed by atoms with E-state index in [1.54, 1.807) is 30.3 Å². The maximum absolute atomic E-state index is 12.0. The molecule has 17 heavy (non-hydrogen) atoms. The lowest BCUT2D eigenvalue weighted by Crippen LogP contribution is -2.30. The highest BCUT2D eigenvalue weighted by molar-refractivity contribution is 5.89. The molecule has 0 radical (unpaired) electrons. The molecule has 0 saturated carbocycles. The predicted molar refractivity (Wildman–Crippen MR) is 60.5 cm³/mol. The number of nitrogens with one attached hydrogen (secondary N) is 1. The van der Waals surface area contributed by atoms with Crippen LogP contribution < -0.4 is 10.3 Å². The van der Waals surface area contributed by atoms with Crippen LogP contribution >= 0.6 is 0 Å². The minimum atomic E-state index is -0.506. The van der Waals surface area contributed by atoms with E-state index < -0.39 is 11.4 Å². The second kappa shape index (κ2) is 3.18. The third kappa shape index (κ3) is 1.24. The average molecular weight is 229 g/mol. The molecule has 2 aromatic heterocycles. The fourth-order valence-corrected chi connectivity index (χ4v) is 1.85. The predicted octanol–water partition coefficient (Wildman–Crippen LogP) is 0.415. The van der Waals surface area contributed by atoms with Gasteiger partial charge in [0.05, 0.1) is 0 Å². The van der Waals surface area contributed by atoms with E-state index in [2.05, 4.69) is 10.2 Å². The molecule has 2 N–H and O–H groups in total. The molecule has 6 nitrogen and oxygen atoms in total. The van der Waals surface area contributed by atoms with Crippen molar-refractivity contribution in [3.8, 4) is 5.88 Å². The summed E-state index contributed by atoms with van der Waals surface area (Å²) in [6.45, 7) is 0. The SMILES string of the molecule is O=c1[nH]nc(O)c2c1cc1ccccc1[n+]2[O-]. The zero-order chi connectivity index (χ0) is 12.0. The van der Waals surface area contributed by atoms with Crippen molar-refractivity contribution in [2.24, 2.45) is 0 Å². The monoisotopic (exact) mass is 229 g/mol. The lowest BCUT2D eigenvalue weighted by Gasteiger charge is -2.05. The normalized spacial score (nSPS) is 11.1. The highest BCUT2D eigenvalue weighted by Gasteiger charge is 2.17. The minimum Gasteiger partial charge on any atom is -0.618 e. The summed E-state index contributed by atoms with van der Waals surface area (Å²) in [5.74, 6) is -0.486. The van der Waals surface area contributed by atoms with Crippen molar-refractivity contribution in [3.05, 3.63) is 45.9 Å². The lowest BCUT2D eigenvalue weighted by molar-refractivity contribution is -0.548. The van der Waals surface area contributed by atoms with Crippen molar-refractivity contribution in [1.29, 1.82) is 0 Å². The number of aromatic nitrogens is 3. The van der Waals surface area contributed by atoms with Gasteiger partial charge in [0.2, 0.25) is 5.52 Å². The van der Waals surface area contributed by atoms with Gasteiger partial charge < -0.3 is 10.3 Å². The molecular weight excluding hydrogens is 222 g/mol. The molecule has 2 heterocycles. The molecule has 3 aromatic rings. The Bertz CT molecular complexity index is 795. The molecule has 0 aliphatic heterocycles. The maximum Gasteiger partial charge on any atom is 0.304 e. The third-order valence-corrected chi connectivity index (χ3v) is 2.63. The number of para-hydroxylation sites is 1. The van der Waals surface area contributed by atoms with E-state index in [9.17, 15) is 15.1 Å². The van der Waals surface area contributed by atoms with Crippen LogP contribution in [0.25, 0.3) is 21.8 Å². The molecule has 0 aliphatic carbocycles. The van der Waals surface area contributed by atoms with Crippen LogP contribution in [0.3, 0.4) is 0 Å². The van der Waals surface area contributed by atoms with Gasteiger partial charge in [-0.3, -0.25) is 4.79 Å². The van der Waals surface area contributed by atoms with Crippen LogP contribution in [0.4, 0.5) is 0 Å². The fourth-order valence-electron chi connectivity index (χ4n) is 1.85. The molecular formula is C11H7N3O3. The van der Waals surface area contributed by atoms with E-state index in [4.69, 9.17) is 0 Å². The molecule has 0 spiro atoms. The topological polar surface area (TPSA) is 92.9 Å². The van der Waals surface area contributed by atoms with Gasteiger partial charge >= 0.3 is 5.88 Å². The molecule has 0 atom stereocenters. The van der Waals surface area contributed by atoms with Gasteiger partial charge in [0.15, 0.2) is 0 Å². The van der Waals surface area contributed by atoms with Crippen molar-refractivity contribution in [2.75, 3.05) is 0 Å². The minimum absolute atomic E-state index is 0.117. The van der Waals surface area contributed by atoms with Gasteiger partial charge in [-0.05, 0) is 12.1 Å². The van der Waals surface area contributed by atoms with E-state index in [0.717, 1.165) is 0 Å². The van der Waals surface area contributed by atoms with E-state index in [1.807, 2.05) is 0 Å². The second-order valence-corrected chi connectivity index (χ2v) is 3.64. The van der Waals surface area contributed by atoms with Crippen LogP contribution in [0.5, 0.6) is 5.88 Å². The summed E-state index contributed by atoms with van der Waals surface area (Å²) in [6.07, 6.45) is 0. The number of aromatic hydroxyl groups is 1. The van der Waals surface area contributed by atoms with Crippen LogP contribution in [-0.4, -0.2) is 15.3 Å². The Balaban J connectivity index is 2.69. The van der Waals surface area contributed by atoms with E-state index >= 15 is 0 Å². The Morgan fingerprint density at radius 1 is 1.35 bits per heavy atom. The maximum atomic E-state index is 12.0. The Morgan fingerprint density at radius 2 is 2.12 bits per heavy atom. The first kappa shape index (κ1) is 9.59. The molecule has 84 valence electrons. The highest BCUT2D eigenvalue weighted by Crippen LogP contribution is 2.19. The van der Waals surface area contributed by atoms with Crippen LogP contribution in [0.1, 0.15) is 0 Å². The first-order valence-electron chi connectivity index (χ1n) is 4.91. The number of hydrogen-bond acceptors (Lipinski definition) is 4. The van der Waals surface area contributed by atoms with Gasteiger partial charge in [0.1, 0.15) is 5.39 Å². The van der Waals surface area contributed by atoms with Gasteiger partial charge in [-0.25, -0.2) is 5.10 Å². The summed E-state index contributed by atoms with van der Waals surface area (Å²) in [6, 6.07) is 8.37. The summed E-state index contributed by atoms with van der Waals surface area (Å²) >= 11 is 0. The second-order valence-electron chi connectivity index (χ2n) is 3.64. The Kier molecular flexibility index (Phi) is 1.79. The summed E-state index contributed by atoms with van der Waals surface area (Å²) in [7, 11) is 0. The smallest absolute Gasteiger partial charge is 0.304 e. The third-order valence-electron chi connectivity index (χ3n) is 2.63. The van der Waals surface area contributed by atoms with Crippen molar-refractivity contribution >= 4 is 21.8 Å². The number of aromatic amines is 1. The van der Waals surface area contributed by atoms with Crippen molar-refractivity contribution in [2.45, 2.75) is 0 Å². The van der Waals surface area contributed by atoms with Gasteiger partial charge in [0, 0.05) is 11.5 Å². The van der Waals surface area contributed by atoms with Gasteiger partial charge in [-0.15, -0.1) is 5.10 Å². The molecule has 6 heteroatoms. The van der Waals surface area contributed by atoms with Crippen LogP contribution in [0.15, 0.2) is 35.1 Å². The van der Waals surface area contributed by atoms with Crippen molar-refractivity contribution in [1.82, 2.24) is 10.2 Å². The fraction of sp³-hybridized carbons (Fsp3) is 0. The quantitative estimate of drug-likeness (QED) is 0.332. The summed E-state index contributed by atoms with van der Waals surface area (Å²) in [5, 5.41) is 27.8. The summed E-state index contributed by atoms with van der Waals surface area (Å²) in [5.41, 5.74) is -0.247. The largest absolute Gasteiger partial charge is 0.618 e. The van der Waals surface area contributed by atoms with Gasteiger partial charge in [-0.2, -0.15) is 4.73 Å². The Hall–Kier alpha value is -2.63. The van der Waals surface area contributed by atoms with Crippen LogP contribution in [-0.2, 0) is 0 Å².